The highest BCUT2D eigenvalue weighted by atomic mass is 32.2. The van der Waals surface area contributed by atoms with Crippen LogP contribution in [0.15, 0.2) is 35.3 Å². The van der Waals surface area contributed by atoms with Gasteiger partial charge in [-0.25, -0.2) is 4.39 Å². The van der Waals surface area contributed by atoms with Gasteiger partial charge in [0.25, 0.3) is 11.5 Å². The molecule has 0 saturated heterocycles. The zero-order chi connectivity index (χ0) is 21.8. The predicted octanol–water partition coefficient (Wildman–Crippen LogP) is 2.75. The highest BCUT2D eigenvalue weighted by Gasteiger charge is 2.28. The van der Waals surface area contributed by atoms with E-state index in [2.05, 4.69) is 5.32 Å². The summed E-state index contributed by atoms with van der Waals surface area (Å²) in [5, 5.41) is 2.88. The van der Waals surface area contributed by atoms with E-state index in [1.54, 1.807) is 11.1 Å². The van der Waals surface area contributed by atoms with E-state index in [-0.39, 0.29) is 17.5 Å². The van der Waals surface area contributed by atoms with Gasteiger partial charge in [0.1, 0.15) is 11.4 Å². The number of carbonyl (C=O) groups is 2. The Morgan fingerprint density at radius 2 is 1.97 bits per heavy atom. The van der Waals surface area contributed by atoms with Crippen LogP contribution >= 0.6 is 11.8 Å². The van der Waals surface area contributed by atoms with Crippen LogP contribution in [0.2, 0.25) is 0 Å². The monoisotopic (exact) mass is 431 g/mol. The van der Waals surface area contributed by atoms with Crippen molar-refractivity contribution >= 4 is 23.6 Å². The van der Waals surface area contributed by atoms with Gasteiger partial charge in [0.05, 0.1) is 5.75 Å². The normalized spacial score (nSPS) is 14.2. The third-order valence-electron chi connectivity index (χ3n) is 5.34. The number of halogens is 1. The van der Waals surface area contributed by atoms with Crippen molar-refractivity contribution in [3.8, 4) is 5.69 Å². The Bertz CT molecular complexity index is 1000. The van der Waals surface area contributed by atoms with Gasteiger partial charge in [0, 0.05) is 31.0 Å². The predicted molar refractivity (Wildman–Crippen MR) is 117 cm³/mol. The first-order valence-electron chi connectivity index (χ1n) is 9.96. The molecule has 2 aromatic rings. The molecule has 1 atom stereocenters. The Kier molecular flexibility index (Phi) is 6.97. The molecule has 1 aromatic carbocycles. The molecule has 160 valence electrons. The Labute approximate surface area is 179 Å². The van der Waals surface area contributed by atoms with Crippen LogP contribution in [0.4, 0.5) is 4.39 Å². The minimum absolute atomic E-state index is 0.0262. The summed E-state index contributed by atoms with van der Waals surface area (Å²) in [5.74, 6) is -0.411. The van der Waals surface area contributed by atoms with Gasteiger partial charge in [-0.1, -0.05) is 6.92 Å². The molecule has 2 amide bonds. The van der Waals surface area contributed by atoms with Gasteiger partial charge in [-0.05, 0) is 61.4 Å². The van der Waals surface area contributed by atoms with E-state index >= 15 is 0 Å². The van der Waals surface area contributed by atoms with Crippen molar-refractivity contribution in [2.75, 3.05) is 18.6 Å². The quantitative estimate of drug-likeness (QED) is 0.764. The number of hydrogen-bond acceptors (Lipinski definition) is 4. The van der Waals surface area contributed by atoms with Crippen LogP contribution in [-0.4, -0.2) is 45.9 Å². The summed E-state index contributed by atoms with van der Waals surface area (Å²) in [5.41, 5.74) is 1.58. The van der Waals surface area contributed by atoms with Crippen molar-refractivity contribution in [1.29, 1.82) is 0 Å². The molecule has 0 aliphatic carbocycles. The first-order valence-corrected chi connectivity index (χ1v) is 11.4. The molecular weight excluding hydrogens is 405 g/mol. The minimum atomic E-state index is -0.440. The first-order chi connectivity index (χ1) is 14.3. The number of benzene rings is 1. The number of rotatable bonds is 6. The average Bonchev–Trinajstić information content (AvgIpc) is 2.73. The van der Waals surface area contributed by atoms with E-state index in [4.69, 9.17) is 0 Å². The first kappa shape index (κ1) is 22.1. The highest BCUT2D eigenvalue weighted by Crippen LogP contribution is 2.23. The van der Waals surface area contributed by atoms with Gasteiger partial charge in [-0.2, -0.15) is 11.8 Å². The van der Waals surface area contributed by atoms with Gasteiger partial charge in [-0.3, -0.25) is 19.0 Å². The molecule has 0 bridgehead atoms. The smallest absolute Gasteiger partial charge is 0.268 e. The second-order valence-corrected chi connectivity index (χ2v) is 8.31. The molecule has 30 heavy (non-hydrogen) atoms. The van der Waals surface area contributed by atoms with E-state index in [0.29, 0.717) is 36.5 Å². The molecule has 2 heterocycles. The zero-order valence-corrected chi connectivity index (χ0v) is 18.2. The maximum Gasteiger partial charge on any atom is 0.268 e. The summed E-state index contributed by atoms with van der Waals surface area (Å²) in [6, 6.07) is 5.47. The molecular formula is C22H26FN3O3S. The van der Waals surface area contributed by atoms with E-state index in [1.807, 2.05) is 20.1 Å². The Hall–Kier alpha value is -2.61. The standard InChI is InChI=1S/C22H26FN3O3S/c1-4-14(2)24-21(28)20-18-9-10-25(19(27)13-30-3)11-15(18)12-26(22(20)29)17-7-5-16(23)6-8-17/h5-8,12,14H,4,9-11,13H2,1-3H3,(H,24,28). The van der Waals surface area contributed by atoms with Gasteiger partial charge in [-0.15, -0.1) is 0 Å². The number of aromatic nitrogens is 1. The van der Waals surface area contributed by atoms with Crippen LogP contribution in [0.1, 0.15) is 41.8 Å². The molecule has 0 spiro atoms. The summed E-state index contributed by atoms with van der Waals surface area (Å²) >= 11 is 1.46. The summed E-state index contributed by atoms with van der Waals surface area (Å²) in [6.07, 6.45) is 4.73. The Morgan fingerprint density at radius 3 is 2.60 bits per heavy atom. The lowest BCUT2D eigenvalue weighted by Crippen LogP contribution is -2.43. The Morgan fingerprint density at radius 1 is 1.27 bits per heavy atom. The van der Waals surface area contributed by atoms with Gasteiger partial charge < -0.3 is 10.2 Å². The van der Waals surface area contributed by atoms with Crippen LogP contribution in [0.5, 0.6) is 0 Å². The molecule has 1 aromatic heterocycles. The summed E-state index contributed by atoms with van der Waals surface area (Å²) in [4.78, 5) is 40.4. The molecule has 1 N–H and O–H groups in total. The van der Waals surface area contributed by atoms with E-state index < -0.39 is 17.3 Å². The summed E-state index contributed by atoms with van der Waals surface area (Å²) in [7, 11) is 0. The van der Waals surface area contributed by atoms with Gasteiger partial charge in [0.15, 0.2) is 0 Å². The number of nitrogens with zero attached hydrogens (tertiary/aromatic N) is 2. The fraction of sp³-hybridized carbons (Fsp3) is 0.409. The number of fused-ring (bicyclic) bond motifs is 1. The lowest BCUT2D eigenvalue weighted by atomic mass is 9.95. The maximum absolute atomic E-state index is 13.4. The van der Waals surface area contributed by atoms with Crippen LogP contribution in [0.25, 0.3) is 5.69 Å². The lowest BCUT2D eigenvalue weighted by Gasteiger charge is -2.30. The van der Waals surface area contributed by atoms with Crippen LogP contribution in [0.3, 0.4) is 0 Å². The zero-order valence-electron chi connectivity index (χ0n) is 17.4. The van der Waals surface area contributed by atoms with Crippen molar-refractivity contribution in [3.05, 3.63) is 63.3 Å². The minimum Gasteiger partial charge on any atom is -0.349 e. The molecule has 1 aliphatic rings. The van der Waals surface area contributed by atoms with Crippen LogP contribution in [0, 0.1) is 5.82 Å². The van der Waals surface area contributed by atoms with Crippen molar-refractivity contribution in [2.45, 2.75) is 39.3 Å². The van der Waals surface area contributed by atoms with Gasteiger partial charge in [0.2, 0.25) is 5.91 Å². The van der Waals surface area contributed by atoms with Crippen molar-refractivity contribution in [3.63, 3.8) is 0 Å². The van der Waals surface area contributed by atoms with E-state index in [1.165, 1.54) is 40.6 Å². The SMILES string of the molecule is CCC(C)NC(=O)c1c2c(cn(-c3ccc(F)cc3)c1=O)CN(C(=O)CSC)CC2. The summed E-state index contributed by atoms with van der Waals surface area (Å²) in [6.45, 7) is 4.64. The molecule has 0 fully saturated rings. The van der Waals surface area contributed by atoms with Crippen molar-refractivity contribution in [1.82, 2.24) is 14.8 Å². The average molecular weight is 432 g/mol. The molecule has 0 radical (unpaired) electrons. The molecule has 8 heteroatoms. The second kappa shape index (κ2) is 9.47. The molecule has 0 saturated carbocycles. The fourth-order valence-electron chi connectivity index (χ4n) is 3.51. The van der Waals surface area contributed by atoms with Crippen molar-refractivity contribution in [2.24, 2.45) is 0 Å². The topological polar surface area (TPSA) is 71.4 Å². The van der Waals surface area contributed by atoms with Crippen molar-refractivity contribution < 1.29 is 14.0 Å². The molecule has 6 nitrogen and oxygen atoms in total. The van der Waals surface area contributed by atoms with Crippen LogP contribution in [-0.2, 0) is 17.8 Å². The molecule has 1 unspecified atom stereocenters. The summed E-state index contributed by atoms with van der Waals surface area (Å²) < 4.78 is 14.7. The number of thioether (sulfide) groups is 1. The Balaban J connectivity index is 2.11. The largest absolute Gasteiger partial charge is 0.349 e. The number of nitrogens with one attached hydrogen (secondary N) is 1. The second-order valence-electron chi connectivity index (χ2n) is 7.44. The lowest BCUT2D eigenvalue weighted by molar-refractivity contribution is -0.129. The fourth-order valence-corrected chi connectivity index (χ4v) is 3.94. The third-order valence-corrected chi connectivity index (χ3v) is 5.88. The number of amides is 2. The van der Waals surface area contributed by atoms with Crippen LogP contribution < -0.4 is 10.9 Å². The van der Waals surface area contributed by atoms with Gasteiger partial charge >= 0.3 is 0 Å². The van der Waals surface area contributed by atoms with E-state index in [9.17, 15) is 18.8 Å². The molecule has 3 rings (SSSR count). The highest BCUT2D eigenvalue weighted by molar-refractivity contribution is 7.99. The number of pyridine rings is 1. The molecule has 1 aliphatic heterocycles. The van der Waals surface area contributed by atoms with E-state index in [0.717, 1.165) is 12.0 Å². The third kappa shape index (κ3) is 4.59. The number of hydrogen-bond donors (Lipinski definition) is 1. The number of carbonyl (C=O) groups excluding carboxylic acids is 2. The maximum atomic E-state index is 13.4.